The number of hydrogen-bond acceptors (Lipinski definition) is 5. The first-order valence-electron chi connectivity index (χ1n) is 4.87. The van der Waals surface area contributed by atoms with Crippen LogP contribution in [0.25, 0.3) is 11.0 Å². The summed E-state index contributed by atoms with van der Waals surface area (Å²) in [5, 5.41) is 4.09. The van der Waals surface area contributed by atoms with Gasteiger partial charge in [-0.15, -0.1) is 6.58 Å². The molecule has 8 heteroatoms. The second kappa shape index (κ2) is 3.91. The summed E-state index contributed by atoms with van der Waals surface area (Å²) < 4.78 is 2.70. The Labute approximate surface area is 95.3 Å². The Morgan fingerprint density at radius 1 is 1.53 bits per heavy atom. The van der Waals surface area contributed by atoms with Crippen molar-refractivity contribution in [3.63, 3.8) is 0 Å². The first-order valence-corrected chi connectivity index (χ1v) is 4.87. The number of rotatable bonds is 3. The lowest BCUT2D eigenvalue weighted by Crippen LogP contribution is -2.29. The molecule has 0 saturated carbocycles. The number of nitrogens with one attached hydrogen (secondary N) is 2. The normalized spacial score (nSPS) is 10.7. The minimum Gasteiger partial charge on any atom is -0.305 e. The molecule has 0 aromatic carbocycles. The molecule has 0 amide bonds. The van der Waals surface area contributed by atoms with Gasteiger partial charge in [0.2, 0.25) is 0 Å². The number of allylic oxidation sites excluding steroid dienone is 1. The molecule has 0 unspecified atom stereocenters. The number of anilines is 1. The fourth-order valence-corrected chi connectivity index (χ4v) is 1.69. The van der Waals surface area contributed by atoms with E-state index in [1.54, 1.807) is 6.08 Å². The van der Waals surface area contributed by atoms with E-state index >= 15 is 0 Å². The van der Waals surface area contributed by atoms with E-state index in [1.165, 1.54) is 16.3 Å². The highest BCUT2D eigenvalue weighted by Crippen LogP contribution is 2.16. The lowest BCUT2D eigenvalue weighted by molar-refractivity contribution is 0.725. The van der Waals surface area contributed by atoms with Gasteiger partial charge in [0.15, 0.2) is 11.3 Å². The molecule has 17 heavy (non-hydrogen) atoms. The van der Waals surface area contributed by atoms with E-state index in [4.69, 9.17) is 5.84 Å². The van der Waals surface area contributed by atoms with Crippen LogP contribution in [-0.2, 0) is 13.6 Å². The van der Waals surface area contributed by atoms with Gasteiger partial charge in [-0.2, -0.15) is 5.10 Å². The molecule has 0 saturated heterocycles. The average molecular weight is 236 g/mol. The molecule has 0 aliphatic carbocycles. The van der Waals surface area contributed by atoms with Crippen LogP contribution in [0, 0.1) is 0 Å². The van der Waals surface area contributed by atoms with Crippen LogP contribution in [0.5, 0.6) is 0 Å². The van der Waals surface area contributed by atoms with Crippen LogP contribution in [0.1, 0.15) is 0 Å². The standard InChI is InChI=1S/C9H12N6O2/c1-3-4-15-6-5(7(12-10)13-15)14(2)9(17)11-8(6)16/h3H,1,4,10H2,2H3,(H,12,13)(H,11,16,17). The predicted molar refractivity (Wildman–Crippen MR) is 63.6 cm³/mol. The van der Waals surface area contributed by atoms with Crippen LogP contribution in [0.2, 0.25) is 0 Å². The zero-order valence-corrected chi connectivity index (χ0v) is 9.23. The molecule has 2 aromatic heterocycles. The van der Waals surface area contributed by atoms with Gasteiger partial charge in [-0.3, -0.25) is 19.0 Å². The number of fused-ring (bicyclic) bond motifs is 1. The molecular weight excluding hydrogens is 224 g/mol. The Balaban J connectivity index is 2.99. The van der Waals surface area contributed by atoms with Gasteiger partial charge >= 0.3 is 5.69 Å². The van der Waals surface area contributed by atoms with Crippen molar-refractivity contribution in [3.05, 3.63) is 33.5 Å². The van der Waals surface area contributed by atoms with Gasteiger partial charge in [0.1, 0.15) is 5.52 Å². The molecule has 2 aromatic rings. The van der Waals surface area contributed by atoms with Crippen LogP contribution in [0.15, 0.2) is 22.2 Å². The molecule has 0 bridgehead atoms. The van der Waals surface area contributed by atoms with Crippen LogP contribution in [0.4, 0.5) is 5.82 Å². The molecule has 0 aliphatic rings. The zero-order valence-electron chi connectivity index (χ0n) is 9.23. The van der Waals surface area contributed by atoms with Gasteiger partial charge in [0, 0.05) is 7.05 Å². The first-order chi connectivity index (χ1) is 8.10. The maximum atomic E-state index is 11.7. The van der Waals surface area contributed by atoms with E-state index in [2.05, 4.69) is 22.1 Å². The maximum Gasteiger partial charge on any atom is 0.328 e. The smallest absolute Gasteiger partial charge is 0.305 e. The summed E-state index contributed by atoms with van der Waals surface area (Å²) in [5.74, 6) is 5.59. The van der Waals surface area contributed by atoms with E-state index in [-0.39, 0.29) is 11.3 Å². The Hall–Kier alpha value is -2.35. The largest absolute Gasteiger partial charge is 0.328 e. The van der Waals surface area contributed by atoms with Gasteiger partial charge in [-0.25, -0.2) is 10.6 Å². The highest BCUT2D eigenvalue weighted by atomic mass is 16.2. The summed E-state index contributed by atoms with van der Waals surface area (Å²) in [7, 11) is 1.53. The molecule has 90 valence electrons. The minimum absolute atomic E-state index is 0.271. The molecule has 0 fully saturated rings. The topological polar surface area (TPSA) is 111 Å². The Morgan fingerprint density at radius 3 is 2.82 bits per heavy atom. The van der Waals surface area contributed by atoms with Gasteiger partial charge < -0.3 is 5.43 Å². The van der Waals surface area contributed by atoms with Crippen molar-refractivity contribution in [1.29, 1.82) is 0 Å². The van der Waals surface area contributed by atoms with Crippen molar-refractivity contribution < 1.29 is 0 Å². The maximum absolute atomic E-state index is 11.7. The van der Waals surface area contributed by atoms with Crippen LogP contribution < -0.4 is 22.5 Å². The Bertz CT molecular complexity index is 692. The fraction of sp³-hybridized carbons (Fsp3) is 0.222. The van der Waals surface area contributed by atoms with E-state index in [0.717, 1.165) is 0 Å². The lowest BCUT2D eigenvalue weighted by Gasteiger charge is -2.00. The third kappa shape index (κ3) is 1.54. The fourth-order valence-electron chi connectivity index (χ4n) is 1.69. The second-order valence-corrected chi connectivity index (χ2v) is 3.48. The molecule has 0 atom stereocenters. The van der Waals surface area contributed by atoms with E-state index in [1.807, 2.05) is 0 Å². The van der Waals surface area contributed by atoms with Crippen LogP contribution >= 0.6 is 0 Å². The van der Waals surface area contributed by atoms with Crippen molar-refractivity contribution >= 4 is 16.9 Å². The van der Waals surface area contributed by atoms with Crippen LogP contribution in [-0.4, -0.2) is 19.3 Å². The van der Waals surface area contributed by atoms with Gasteiger partial charge in [-0.05, 0) is 0 Å². The lowest BCUT2D eigenvalue weighted by atomic mass is 10.4. The quantitative estimate of drug-likeness (QED) is 0.355. The van der Waals surface area contributed by atoms with Crippen molar-refractivity contribution in [3.8, 4) is 0 Å². The third-order valence-electron chi connectivity index (χ3n) is 2.44. The Kier molecular flexibility index (Phi) is 2.56. The average Bonchev–Trinajstić information content (AvgIpc) is 2.66. The van der Waals surface area contributed by atoms with Crippen molar-refractivity contribution in [2.75, 3.05) is 5.43 Å². The minimum atomic E-state index is -0.517. The van der Waals surface area contributed by atoms with E-state index < -0.39 is 11.2 Å². The number of aryl methyl sites for hydroxylation is 1. The third-order valence-corrected chi connectivity index (χ3v) is 2.44. The molecule has 2 rings (SSSR count). The summed E-state index contributed by atoms with van der Waals surface area (Å²) in [6.07, 6.45) is 1.59. The number of aromatic nitrogens is 4. The SMILES string of the molecule is C=CCn1nc(NN)c2c1c(=O)[nH]c(=O)n2C. The molecule has 0 aliphatic heterocycles. The summed E-state index contributed by atoms with van der Waals surface area (Å²) in [6, 6.07) is 0. The summed E-state index contributed by atoms with van der Waals surface area (Å²) in [6.45, 7) is 3.92. The number of H-pyrrole nitrogens is 1. The number of hydrogen-bond donors (Lipinski definition) is 3. The monoisotopic (exact) mass is 236 g/mol. The van der Waals surface area contributed by atoms with E-state index in [9.17, 15) is 9.59 Å². The highest BCUT2D eigenvalue weighted by molar-refractivity contribution is 5.85. The highest BCUT2D eigenvalue weighted by Gasteiger charge is 2.16. The first kappa shape index (κ1) is 11.1. The van der Waals surface area contributed by atoms with Gasteiger partial charge in [0.25, 0.3) is 5.56 Å². The number of nitrogen functional groups attached to an aromatic ring is 1. The van der Waals surface area contributed by atoms with Gasteiger partial charge in [0.05, 0.1) is 6.54 Å². The number of nitrogens with zero attached hydrogens (tertiary/aromatic N) is 3. The molecule has 0 spiro atoms. The number of aromatic amines is 1. The van der Waals surface area contributed by atoms with Gasteiger partial charge in [-0.1, -0.05) is 6.08 Å². The summed E-state index contributed by atoms with van der Waals surface area (Å²) in [4.78, 5) is 25.4. The van der Waals surface area contributed by atoms with Crippen LogP contribution in [0.3, 0.4) is 0 Å². The molecule has 0 radical (unpaired) electrons. The summed E-state index contributed by atoms with van der Waals surface area (Å²) in [5.41, 5.74) is 1.99. The summed E-state index contributed by atoms with van der Waals surface area (Å²) >= 11 is 0. The number of nitrogens with two attached hydrogens (primary N) is 1. The van der Waals surface area contributed by atoms with Crippen molar-refractivity contribution in [2.45, 2.75) is 6.54 Å². The second-order valence-electron chi connectivity index (χ2n) is 3.48. The van der Waals surface area contributed by atoms with Crippen molar-refractivity contribution in [1.82, 2.24) is 19.3 Å². The molecule has 8 nitrogen and oxygen atoms in total. The number of hydrazine groups is 1. The van der Waals surface area contributed by atoms with E-state index in [0.29, 0.717) is 12.1 Å². The zero-order chi connectivity index (χ0) is 12.6. The molecule has 4 N–H and O–H groups in total. The Morgan fingerprint density at radius 2 is 2.24 bits per heavy atom. The molecular formula is C9H12N6O2. The molecule has 2 heterocycles. The predicted octanol–water partition coefficient (Wildman–Crippen LogP) is -1.11. The van der Waals surface area contributed by atoms with Crippen molar-refractivity contribution in [2.24, 2.45) is 12.9 Å².